The molecule has 0 radical (unpaired) electrons. The molecule has 3 rings (SSSR count). The standard InChI is InChI=1S/C12H12N2O2S2/c1-7-10(11(15)16)18-12(13-7)14-4-2-9-8(6-14)3-5-17-9/h3,5H,2,4,6H2,1H3,(H,15,16). The van der Waals surface area contributed by atoms with Gasteiger partial charge < -0.3 is 10.0 Å². The second-order valence-corrected chi connectivity index (χ2v) is 6.23. The molecule has 0 fully saturated rings. The summed E-state index contributed by atoms with van der Waals surface area (Å²) < 4.78 is 0. The van der Waals surface area contributed by atoms with Crippen LogP contribution in [-0.4, -0.2) is 22.6 Å². The molecule has 6 heteroatoms. The van der Waals surface area contributed by atoms with Crippen LogP contribution >= 0.6 is 22.7 Å². The van der Waals surface area contributed by atoms with Gasteiger partial charge in [-0.15, -0.1) is 11.3 Å². The van der Waals surface area contributed by atoms with Gasteiger partial charge in [0.1, 0.15) is 4.88 Å². The Bertz CT molecular complexity index is 603. The van der Waals surface area contributed by atoms with Crippen molar-refractivity contribution in [3.8, 4) is 0 Å². The first-order valence-corrected chi connectivity index (χ1v) is 7.35. The molecule has 0 spiro atoms. The summed E-state index contributed by atoms with van der Waals surface area (Å²) in [6.45, 7) is 3.51. The third-order valence-corrected chi connectivity index (χ3v) is 5.29. The van der Waals surface area contributed by atoms with Crippen LogP contribution in [0.3, 0.4) is 0 Å². The first kappa shape index (κ1) is 11.7. The number of carbonyl (C=O) groups is 1. The van der Waals surface area contributed by atoms with Gasteiger partial charge in [-0.3, -0.25) is 0 Å². The van der Waals surface area contributed by atoms with Crippen LogP contribution in [0.1, 0.15) is 25.8 Å². The molecule has 4 nitrogen and oxygen atoms in total. The zero-order chi connectivity index (χ0) is 12.7. The van der Waals surface area contributed by atoms with Crippen molar-refractivity contribution >= 4 is 33.8 Å². The van der Waals surface area contributed by atoms with Crippen molar-refractivity contribution in [1.29, 1.82) is 0 Å². The van der Waals surface area contributed by atoms with Gasteiger partial charge in [0.25, 0.3) is 0 Å². The van der Waals surface area contributed by atoms with E-state index in [2.05, 4.69) is 21.3 Å². The summed E-state index contributed by atoms with van der Waals surface area (Å²) in [6, 6.07) is 2.14. The Balaban J connectivity index is 1.89. The van der Waals surface area contributed by atoms with Crippen molar-refractivity contribution in [3.05, 3.63) is 32.5 Å². The van der Waals surface area contributed by atoms with Crippen molar-refractivity contribution in [2.75, 3.05) is 11.4 Å². The summed E-state index contributed by atoms with van der Waals surface area (Å²) in [5, 5.41) is 12.0. The third kappa shape index (κ3) is 1.91. The highest BCUT2D eigenvalue weighted by molar-refractivity contribution is 7.17. The predicted molar refractivity (Wildman–Crippen MR) is 72.9 cm³/mol. The number of thiazole rings is 1. The minimum absolute atomic E-state index is 0.348. The Kier molecular flexibility index (Phi) is 2.83. The van der Waals surface area contributed by atoms with E-state index in [1.165, 1.54) is 21.8 Å². The van der Waals surface area contributed by atoms with E-state index in [0.717, 1.165) is 24.6 Å². The van der Waals surface area contributed by atoms with Crippen molar-refractivity contribution in [2.45, 2.75) is 19.9 Å². The van der Waals surface area contributed by atoms with Gasteiger partial charge in [0.05, 0.1) is 5.69 Å². The molecular weight excluding hydrogens is 268 g/mol. The van der Waals surface area contributed by atoms with Crippen LogP contribution in [0.2, 0.25) is 0 Å². The van der Waals surface area contributed by atoms with E-state index in [0.29, 0.717) is 10.6 Å². The number of anilines is 1. The molecule has 0 aliphatic carbocycles. The highest BCUT2D eigenvalue weighted by Crippen LogP contribution is 2.31. The molecule has 0 atom stereocenters. The lowest BCUT2D eigenvalue weighted by Gasteiger charge is -2.26. The number of carboxylic acid groups (broad SMARTS) is 1. The molecule has 0 saturated heterocycles. The van der Waals surface area contributed by atoms with Gasteiger partial charge in [0.2, 0.25) is 0 Å². The van der Waals surface area contributed by atoms with Crippen LogP contribution in [0.4, 0.5) is 5.13 Å². The minimum Gasteiger partial charge on any atom is -0.477 e. The topological polar surface area (TPSA) is 53.4 Å². The fourth-order valence-corrected chi connectivity index (χ4v) is 3.95. The number of carboxylic acids is 1. The number of hydrogen-bond acceptors (Lipinski definition) is 5. The van der Waals surface area contributed by atoms with Crippen molar-refractivity contribution < 1.29 is 9.90 Å². The van der Waals surface area contributed by atoms with Gasteiger partial charge in [0.15, 0.2) is 5.13 Å². The first-order valence-electron chi connectivity index (χ1n) is 5.66. The maximum Gasteiger partial charge on any atom is 0.347 e. The summed E-state index contributed by atoms with van der Waals surface area (Å²) in [5.74, 6) is -0.885. The second kappa shape index (κ2) is 4.37. The molecule has 2 aromatic rings. The lowest BCUT2D eigenvalue weighted by atomic mass is 10.1. The number of fused-ring (bicyclic) bond motifs is 1. The van der Waals surface area contributed by atoms with Crippen LogP contribution in [-0.2, 0) is 13.0 Å². The summed E-state index contributed by atoms with van der Waals surface area (Å²) in [5.41, 5.74) is 1.95. The smallest absolute Gasteiger partial charge is 0.347 e. The summed E-state index contributed by atoms with van der Waals surface area (Å²) in [7, 11) is 0. The Labute approximate surface area is 113 Å². The molecular formula is C12H12N2O2S2. The molecule has 2 aromatic heterocycles. The normalized spacial score (nSPS) is 14.6. The number of nitrogens with zero attached hydrogens (tertiary/aromatic N) is 2. The number of hydrogen-bond donors (Lipinski definition) is 1. The van der Waals surface area contributed by atoms with E-state index >= 15 is 0 Å². The Morgan fingerprint density at radius 1 is 1.56 bits per heavy atom. The zero-order valence-corrected chi connectivity index (χ0v) is 11.5. The lowest BCUT2D eigenvalue weighted by molar-refractivity contribution is 0.0701. The van der Waals surface area contributed by atoms with E-state index in [1.54, 1.807) is 18.3 Å². The number of rotatable bonds is 2. The molecule has 1 N–H and O–H groups in total. The fraction of sp³-hybridized carbons (Fsp3) is 0.333. The minimum atomic E-state index is -0.885. The quantitative estimate of drug-likeness (QED) is 0.919. The highest BCUT2D eigenvalue weighted by Gasteiger charge is 2.22. The van der Waals surface area contributed by atoms with Crippen LogP contribution in [0.25, 0.3) is 0 Å². The van der Waals surface area contributed by atoms with Crippen molar-refractivity contribution in [3.63, 3.8) is 0 Å². The van der Waals surface area contributed by atoms with Crippen molar-refractivity contribution in [1.82, 2.24) is 4.98 Å². The fourth-order valence-electron chi connectivity index (χ4n) is 2.13. The van der Waals surface area contributed by atoms with E-state index < -0.39 is 5.97 Å². The van der Waals surface area contributed by atoms with Crippen LogP contribution in [0.5, 0.6) is 0 Å². The van der Waals surface area contributed by atoms with Crippen molar-refractivity contribution in [2.24, 2.45) is 0 Å². The highest BCUT2D eigenvalue weighted by atomic mass is 32.1. The SMILES string of the molecule is Cc1nc(N2CCc3sccc3C2)sc1C(=O)O. The average molecular weight is 280 g/mol. The monoisotopic (exact) mass is 280 g/mol. The van der Waals surface area contributed by atoms with Crippen LogP contribution in [0.15, 0.2) is 11.4 Å². The summed E-state index contributed by atoms with van der Waals surface area (Å²) >= 11 is 3.07. The van der Waals surface area contributed by atoms with E-state index in [4.69, 9.17) is 5.11 Å². The van der Waals surface area contributed by atoms with E-state index in [9.17, 15) is 4.79 Å². The number of aromatic nitrogens is 1. The molecule has 0 aromatic carbocycles. The summed E-state index contributed by atoms with van der Waals surface area (Å²) in [6.07, 6.45) is 1.02. The second-order valence-electron chi connectivity index (χ2n) is 4.26. The van der Waals surface area contributed by atoms with E-state index in [-0.39, 0.29) is 0 Å². The zero-order valence-electron chi connectivity index (χ0n) is 9.84. The van der Waals surface area contributed by atoms with Gasteiger partial charge in [-0.05, 0) is 30.4 Å². The van der Waals surface area contributed by atoms with Gasteiger partial charge in [-0.1, -0.05) is 11.3 Å². The molecule has 18 heavy (non-hydrogen) atoms. The molecule has 0 amide bonds. The Morgan fingerprint density at radius 2 is 2.39 bits per heavy atom. The Morgan fingerprint density at radius 3 is 3.11 bits per heavy atom. The average Bonchev–Trinajstić information content (AvgIpc) is 2.93. The maximum absolute atomic E-state index is 11.0. The van der Waals surface area contributed by atoms with Gasteiger partial charge in [-0.25, -0.2) is 9.78 Å². The largest absolute Gasteiger partial charge is 0.477 e. The molecule has 3 heterocycles. The molecule has 94 valence electrons. The third-order valence-electron chi connectivity index (χ3n) is 3.06. The summed E-state index contributed by atoms with van der Waals surface area (Å²) in [4.78, 5) is 19.4. The Hall–Kier alpha value is -1.40. The molecule has 0 unspecified atom stereocenters. The first-order chi connectivity index (χ1) is 8.65. The van der Waals surface area contributed by atoms with Gasteiger partial charge in [0, 0.05) is 18.0 Å². The van der Waals surface area contributed by atoms with Crippen LogP contribution in [0, 0.1) is 6.92 Å². The lowest BCUT2D eigenvalue weighted by Crippen LogP contribution is -2.29. The number of aryl methyl sites for hydroxylation is 1. The molecule has 0 bridgehead atoms. The molecule has 0 saturated carbocycles. The van der Waals surface area contributed by atoms with Gasteiger partial charge >= 0.3 is 5.97 Å². The molecule has 1 aliphatic heterocycles. The van der Waals surface area contributed by atoms with Gasteiger partial charge in [-0.2, -0.15) is 0 Å². The van der Waals surface area contributed by atoms with Crippen LogP contribution < -0.4 is 4.90 Å². The predicted octanol–water partition coefficient (Wildman–Crippen LogP) is 2.77. The maximum atomic E-state index is 11.0. The van der Waals surface area contributed by atoms with E-state index in [1.807, 2.05) is 0 Å². The number of thiophene rings is 1. The number of aromatic carboxylic acids is 1. The molecule has 1 aliphatic rings.